The van der Waals surface area contributed by atoms with E-state index >= 15 is 0 Å². The van der Waals surface area contributed by atoms with E-state index in [4.69, 9.17) is 0 Å². The first-order chi connectivity index (χ1) is 7.74. The van der Waals surface area contributed by atoms with Gasteiger partial charge in [-0.1, -0.05) is 49.1 Å². The Morgan fingerprint density at radius 3 is 2.50 bits per heavy atom. The first-order valence-electron chi connectivity index (χ1n) is 5.79. The molecule has 0 spiro atoms. The van der Waals surface area contributed by atoms with Crippen LogP contribution < -0.4 is 0 Å². The van der Waals surface area contributed by atoms with Gasteiger partial charge in [0.25, 0.3) is 0 Å². The Kier molecular flexibility index (Phi) is 5.36. The molecule has 0 amide bonds. The van der Waals surface area contributed by atoms with E-state index in [0.29, 0.717) is 6.42 Å². The number of benzene rings is 1. The number of carbonyl (C=O) groups excluding carboxylic acids is 1. The van der Waals surface area contributed by atoms with E-state index in [1.807, 2.05) is 31.2 Å². The maximum Gasteiger partial charge on any atom is 0.174 e. The van der Waals surface area contributed by atoms with Gasteiger partial charge >= 0.3 is 0 Å². The summed E-state index contributed by atoms with van der Waals surface area (Å²) in [6, 6.07) is 7.65. The van der Waals surface area contributed by atoms with Gasteiger partial charge in [-0.05, 0) is 13.3 Å². The van der Waals surface area contributed by atoms with Crippen molar-refractivity contribution in [2.45, 2.75) is 39.5 Å². The molecule has 0 aliphatic heterocycles. The Hall–Kier alpha value is -1.55. The molecule has 1 heteroatoms. The van der Waals surface area contributed by atoms with Crippen LogP contribution in [0.5, 0.6) is 0 Å². The number of ketones is 1. The van der Waals surface area contributed by atoms with Gasteiger partial charge < -0.3 is 0 Å². The van der Waals surface area contributed by atoms with Crippen molar-refractivity contribution in [2.24, 2.45) is 0 Å². The number of hydrogen-bond donors (Lipinski definition) is 0. The highest BCUT2D eigenvalue weighted by atomic mass is 16.1. The highest BCUT2D eigenvalue weighted by Gasteiger charge is 2.02. The number of unbranched alkanes of at least 4 members (excludes halogenated alkanes) is 2. The Balaban J connectivity index is 2.45. The number of rotatable bonds is 4. The summed E-state index contributed by atoms with van der Waals surface area (Å²) < 4.78 is 0. The van der Waals surface area contributed by atoms with Gasteiger partial charge in [-0.15, -0.1) is 5.92 Å². The van der Waals surface area contributed by atoms with Crippen LogP contribution in [0.3, 0.4) is 0 Å². The van der Waals surface area contributed by atoms with E-state index in [1.165, 1.54) is 5.56 Å². The zero-order valence-corrected chi connectivity index (χ0v) is 10.0. The van der Waals surface area contributed by atoms with E-state index in [9.17, 15) is 4.79 Å². The molecule has 0 saturated carbocycles. The average molecular weight is 214 g/mol. The molecule has 16 heavy (non-hydrogen) atoms. The second kappa shape index (κ2) is 6.85. The van der Waals surface area contributed by atoms with Gasteiger partial charge in [-0.2, -0.15) is 0 Å². The zero-order chi connectivity index (χ0) is 11.8. The van der Waals surface area contributed by atoms with Crippen LogP contribution in [0.25, 0.3) is 0 Å². The Morgan fingerprint density at radius 2 is 1.88 bits per heavy atom. The normalized spacial score (nSPS) is 9.38. The molecular formula is C15H18O. The Morgan fingerprint density at radius 1 is 1.19 bits per heavy atom. The summed E-state index contributed by atoms with van der Waals surface area (Å²) in [5.74, 6) is 6.08. The lowest BCUT2D eigenvalue weighted by Gasteiger charge is -1.97. The number of carbonyl (C=O) groups is 1. The third-order valence-corrected chi connectivity index (χ3v) is 2.40. The molecular weight excluding hydrogens is 196 g/mol. The molecule has 0 aliphatic carbocycles. The van der Waals surface area contributed by atoms with E-state index < -0.39 is 0 Å². The summed E-state index contributed by atoms with van der Waals surface area (Å²) in [7, 11) is 0. The highest BCUT2D eigenvalue weighted by molar-refractivity contribution is 5.97. The Labute approximate surface area is 97.9 Å². The molecule has 0 aromatic heterocycles. The summed E-state index contributed by atoms with van der Waals surface area (Å²) in [5, 5.41) is 0. The van der Waals surface area contributed by atoms with Crippen molar-refractivity contribution in [1.82, 2.24) is 0 Å². The summed E-state index contributed by atoms with van der Waals surface area (Å²) in [5.41, 5.74) is 1.93. The van der Waals surface area contributed by atoms with Gasteiger partial charge in [0.1, 0.15) is 0 Å². The minimum atomic E-state index is 0.115. The standard InChI is InChI=1S/C15H18O/c1-3-4-5-6-7-8-15(16)14-11-9-13(2)10-12-14/h9-12H,3-5,8H2,1-2H3. The molecule has 0 bridgehead atoms. The molecule has 0 heterocycles. The second-order valence-electron chi connectivity index (χ2n) is 3.92. The van der Waals surface area contributed by atoms with Crippen LogP contribution in [0, 0.1) is 18.8 Å². The largest absolute Gasteiger partial charge is 0.293 e. The quantitative estimate of drug-likeness (QED) is 0.423. The maximum atomic E-state index is 11.7. The first-order valence-corrected chi connectivity index (χ1v) is 5.79. The van der Waals surface area contributed by atoms with Crippen LogP contribution in [0.15, 0.2) is 24.3 Å². The summed E-state index contributed by atoms with van der Waals surface area (Å²) in [6.45, 7) is 4.15. The lowest BCUT2D eigenvalue weighted by molar-refractivity contribution is 0.0998. The van der Waals surface area contributed by atoms with Gasteiger partial charge in [-0.3, -0.25) is 4.79 Å². The predicted molar refractivity (Wildman–Crippen MR) is 67.4 cm³/mol. The van der Waals surface area contributed by atoms with Gasteiger partial charge in [0, 0.05) is 12.0 Å². The van der Waals surface area contributed by atoms with Crippen LogP contribution in [0.2, 0.25) is 0 Å². The summed E-state index contributed by atoms with van der Waals surface area (Å²) in [6.07, 6.45) is 3.51. The summed E-state index contributed by atoms with van der Waals surface area (Å²) in [4.78, 5) is 11.7. The minimum absolute atomic E-state index is 0.115. The average Bonchev–Trinajstić information content (AvgIpc) is 2.29. The molecule has 0 radical (unpaired) electrons. The Bertz CT molecular complexity index is 390. The van der Waals surface area contributed by atoms with E-state index in [1.54, 1.807) is 0 Å². The molecule has 0 saturated heterocycles. The van der Waals surface area contributed by atoms with Crippen LogP contribution in [-0.4, -0.2) is 5.78 Å². The van der Waals surface area contributed by atoms with Crippen LogP contribution in [0.4, 0.5) is 0 Å². The molecule has 0 unspecified atom stereocenters. The molecule has 0 fully saturated rings. The van der Waals surface area contributed by atoms with Gasteiger partial charge in [-0.25, -0.2) is 0 Å². The van der Waals surface area contributed by atoms with Gasteiger partial charge in [0.15, 0.2) is 5.78 Å². The lowest BCUT2D eigenvalue weighted by Crippen LogP contribution is -1.96. The van der Waals surface area contributed by atoms with E-state index in [0.717, 1.165) is 24.8 Å². The molecule has 1 aromatic carbocycles. The monoisotopic (exact) mass is 214 g/mol. The first kappa shape index (κ1) is 12.5. The van der Waals surface area contributed by atoms with Crippen molar-refractivity contribution >= 4 is 5.78 Å². The SMILES string of the molecule is CCCCC#CCC(=O)c1ccc(C)cc1. The number of Topliss-reactive ketones (excluding diaryl/α,β-unsaturated/α-hetero) is 1. The second-order valence-corrected chi connectivity index (χ2v) is 3.92. The van der Waals surface area contributed by atoms with Crippen molar-refractivity contribution < 1.29 is 4.79 Å². The van der Waals surface area contributed by atoms with Crippen molar-refractivity contribution in [3.8, 4) is 11.8 Å². The molecule has 0 N–H and O–H groups in total. The van der Waals surface area contributed by atoms with E-state index in [2.05, 4.69) is 18.8 Å². The number of hydrogen-bond acceptors (Lipinski definition) is 1. The number of aryl methyl sites for hydroxylation is 1. The third-order valence-electron chi connectivity index (χ3n) is 2.40. The van der Waals surface area contributed by atoms with Crippen molar-refractivity contribution in [2.75, 3.05) is 0 Å². The lowest BCUT2D eigenvalue weighted by atomic mass is 10.1. The minimum Gasteiger partial charge on any atom is -0.293 e. The fourth-order valence-electron chi connectivity index (χ4n) is 1.34. The van der Waals surface area contributed by atoms with Crippen LogP contribution >= 0.6 is 0 Å². The van der Waals surface area contributed by atoms with Crippen LogP contribution in [-0.2, 0) is 0 Å². The smallest absolute Gasteiger partial charge is 0.174 e. The molecule has 1 aromatic rings. The molecule has 1 nitrogen and oxygen atoms in total. The van der Waals surface area contributed by atoms with Crippen molar-refractivity contribution in [3.63, 3.8) is 0 Å². The molecule has 1 rings (SSSR count). The van der Waals surface area contributed by atoms with Crippen molar-refractivity contribution in [3.05, 3.63) is 35.4 Å². The zero-order valence-electron chi connectivity index (χ0n) is 10.0. The van der Waals surface area contributed by atoms with Crippen LogP contribution in [0.1, 0.15) is 48.5 Å². The van der Waals surface area contributed by atoms with Gasteiger partial charge in [0.05, 0.1) is 6.42 Å². The maximum absolute atomic E-state index is 11.7. The molecule has 0 atom stereocenters. The van der Waals surface area contributed by atoms with Gasteiger partial charge in [0.2, 0.25) is 0 Å². The topological polar surface area (TPSA) is 17.1 Å². The highest BCUT2D eigenvalue weighted by Crippen LogP contribution is 2.05. The summed E-state index contributed by atoms with van der Waals surface area (Å²) >= 11 is 0. The third kappa shape index (κ3) is 4.31. The molecule has 84 valence electrons. The van der Waals surface area contributed by atoms with E-state index in [-0.39, 0.29) is 5.78 Å². The fraction of sp³-hybridized carbons (Fsp3) is 0.400. The molecule has 0 aliphatic rings. The van der Waals surface area contributed by atoms with Crippen molar-refractivity contribution in [1.29, 1.82) is 0 Å². The fourth-order valence-corrected chi connectivity index (χ4v) is 1.34. The predicted octanol–water partition coefficient (Wildman–Crippen LogP) is 3.76.